The van der Waals surface area contributed by atoms with Gasteiger partial charge in [0.25, 0.3) is 5.91 Å². The third-order valence-corrected chi connectivity index (χ3v) is 4.83. The van der Waals surface area contributed by atoms with E-state index in [0.717, 1.165) is 30.4 Å². The van der Waals surface area contributed by atoms with Crippen molar-refractivity contribution in [1.29, 1.82) is 0 Å². The van der Waals surface area contributed by atoms with Crippen molar-refractivity contribution >= 4 is 11.7 Å². The number of ether oxygens (including phenoxy) is 2. The zero-order valence-corrected chi connectivity index (χ0v) is 17.7. The number of benzene rings is 1. The third-order valence-electron chi connectivity index (χ3n) is 4.83. The van der Waals surface area contributed by atoms with E-state index in [-0.39, 0.29) is 18.4 Å². The van der Waals surface area contributed by atoms with Crippen molar-refractivity contribution in [1.82, 2.24) is 14.9 Å². The number of carbonyl (C=O) groups is 1. The van der Waals surface area contributed by atoms with Gasteiger partial charge in [0.2, 0.25) is 0 Å². The van der Waals surface area contributed by atoms with Gasteiger partial charge in [0.1, 0.15) is 11.6 Å². The van der Waals surface area contributed by atoms with Gasteiger partial charge in [-0.05, 0) is 26.0 Å². The largest absolute Gasteiger partial charge is 0.490 e. The monoisotopic (exact) mass is 398 g/mol. The van der Waals surface area contributed by atoms with E-state index in [4.69, 9.17) is 14.5 Å². The van der Waals surface area contributed by atoms with Gasteiger partial charge in [0, 0.05) is 43.9 Å². The maximum absolute atomic E-state index is 12.6. The lowest BCUT2D eigenvalue weighted by molar-refractivity contribution is -0.133. The first-order valence-electron chi connectivity index (χ1n) is 10.2. The standard InChI is InChI=1S/C22H30N4O3/c1-5-28-18-8-6-7-9-19(18)29-15-21(27)26-12-10-25(11-13-26)20-14-17(4)23-22(24-20)16(2)3/h6-9,14,16H,5,10-13,15H2,1-4H3. The smallest absolute Gasteiger partial charge is 0.260 e. The van der Waals surface area contributed by atoms with Crippen LogP contribution in [0.15, 0.2) is 30.3 Å². The Morgan fingerprint density at radius 2 is 1.72 bits per heavy atom. The average Bonchev–Trinajstić information content (AvgIpc) is 2.72. The number of piperazine rings is 1. The highest BCUT2D eigenvalue weighted by Crippen LogP contribution is 2.26. The molecular formula is C22H30N4O3. The van der Waals surface area contributed by atoms with E-state index in [2.05, 4.69) is 23.7 Å². The summed E-state index contributed by atoms with van der Waals surface area (Å²) in [6.07, 6.45) is 0. The van der Waals surface area contributed by atoms with Crippen LogP contribution in [0.2, 0.25) is 0 Å². The molecule has 0 radical (unpaired) electrons. The minimum Gasteiger partial charge on any atom is -0.490 e. The molecule has 3 rings (SSSR count). The second-order valence-electron chi connectivity index (χ2n) is 7.42. The second kappa shape index (κ2) is 9.58. The molecule has 1 amide bonds. The van der Waals surface area contributed by atoms with E-state index in [9.17, 15) is 4.79 Å². The van der Waals surface area contributed by atoms with E-state index < -0.39 is 0 Å². The maximum atomic E-state index is 12.6. The minimum atomic E-state index is -0.0160. The molecule has 1 aliphatic rings. The van der Waals surface area contributed by atoms with Gasteiger partial charge in [-0.3, -0.25) is 4.79 Å². The van der Waals surface area contributed by atoms with Crippen LogP contribution in [0.25, 0.3) is 0 Å². The quantitative estimate of drug-likeness (QED) is 0.714. The molecule has 29 heavy (non-hydrogen) atoms. The summed E-state index contributed by atoms with van der Waals surface area (Å²) >= 11 is 0. The molecule has 2 heterocycles. The van der Waals surface area contributed by atoms with E-state index >= 15 is 0 Å². The van der Waals surface area contributed by atoms with Crippen LogP contribution in [0, 0.1) is 6.92 Å². The van der Waals surface area contributed by atoms with E-state index in [0.29, 0.717) is 31.2 Å². The van der Waals surface area contributed by atoms with Crippen molar-refractivity contribution in [3.8, 4) is 11.5 Å². The summed E-state index contributed by atoms with van der Waals surface area (Å²) in [7, 11) is 0. The van der Waals surface area contributed by atoms with E-state index in [1.807, 2.05) is 49.1 Å². The van der Waals surface area contributed by atoms with Gasteiger partial charge in [-0.2, -0.15) is 0 Å². The fourth-order valence-electron chi connectivity index (χ4n) is 3.25. The molecule has 1 fully saturated rings. The maximum Gasteiger partial charge on any atom is 0.260 e. The summed E-state index contributed by atoms with van der Waals surface area (Å²) in [6.45, 7) is 11.5. The average molecular weight is 399 g/mol. The van der Waals surface area contributed by atoms with Gasteiger partial charge in [0.05, 0.1) is 6.61 Å². The number of nitrogens with zero attached hydrogens (tertiary/aromatic N) is 4. The molecule has 0 saturated carbocycles. The summed E-state index contributed by atoms with van der Waals surface area (Å²) in [4.78, 5) is 25.9. The first kappa shape index (κ1) is 20.9. The van der Waals surface area contributed by atoms with Crippen molar-refractivity contribution in [3.63, 3.8) is 0 Å². The Hall–Kier alpha value is -2.83. The van der Waals surface area contributed by atoms with Crippen LogP contribution in [-0.4, -0.2) is 60.2 Å². The predicted octanol–water partition coefficient (Wildman–Crippen LogP) is 3.03. The van der Waals surface area contributed by atoms with Gasteiger partial charge in [-0.1, -0.05) is 26.0 Å². The Morgan fingerprint density at radius 1 is 1.07 bits per heavy atom. The van der Waals surface area contributed by atoms with Crippen LogP contribution in [0.5, 0.6) is 11.5 Å². The van der Waals surface area contributed by atoms with Crippen molar-refractivity contribution in [2.45, 2.75) is 33.6 Å². The molecule has 1 aliphatic heterocycles. The lowest BCUT2D eigenvalue weighted by Crippen LogP contribution is -2.50. The fraction of sp³-hybridized carbons (Fsp3) is 0.500. The van der Waals surface area contributed by atoms with E-state index in [1.54, 1.807) is 0 Å². The first-order chi connectivity index (χ1) is 14.0. The molecule has 0 spiro atoms. The van der Waals surface area contributed by atoms with Gasteiger partial charge in [-0.25, -0.2) is 9.97 Å². The highest BCUT2D eigenvalue weighted by molar-refractivity contribution is 5.78. The molecule has 1 aromatic heterocycles. The molecule has 0 bridgehead atoms. The van der Waals surface area contributed by atoms with Gasteiger partial charge in [0.15, 0.2) is 18.1 Å². The number of rotatable bonds is 7. The molecule has 0 unspecified atom stereocenters. The summed E-state index contributed by atoms with van der Waals surface area (Å²) in [6, 6.07) is 9.43. The molecule has 0 N–H and O–H groups in total. The lowest BCUT2D eigenvalue weighted by atomic mass is 10.2. The molecule has 1 saturated heterocycles. The Labute approximate surface area is 172 Å². The third kappa shape index (κ3) is 5.37. The zero-order valence-electron chi connectivity index (χ0n) is 17.7. The predicted molar refractivity (Wildman–Crippen MR) is 113 cm³/mol. The van der Waals surface area contributed by atoms with Gasteiger partial charge < -0.3 is 19.3 Å². The van der Waals surface area contributed by atoms with Crippen molar-refractivity contribution in [2.75, 3.05) is 44.3 Å². The Morgan fingerprint density at radius 3 is 2.34 bits per heavy atom. The van der Waals surface area contributed by atoms with Crippen LogP contribution >= 0.6 is 0 Å². The number of amides is 1. The minimum absolute atomic E-state index is 0.00814. The Kier molecular flexibility index (Phi) is 6.90. The van der Waals surface area contributed by atoms with Gasteiger partial charge in [-0.15, -0.1) is 0 Å². The molecular weight excluding hydrogens is 368 g/mol. The highest BCUT2D eigenvalue weighted by Gasteiger charge is 2.23. The van der Waals surface area contributed by atoms with Crippen LogP contribution in [0.3, 0.4) is 0 Å². The fourth-order valence-corrected chi connectivity index (χ4v) is 3.25. The highest BCUT2D eigenvalue weighted by atomic mass is 16.5. The summed E-state index contributed by atoms with van der Waals surface area (Å²) in [5.74, 6) is 3.33. The van der Waals surface area contributed by atoms with E-state index in [1.165, 1.54) is 0 Å². The summed E-state index contributed by atoms with van der Waals surface area (Å²) < 4.78 is 11.3. The topological polar surface area (TPSA) is 67.8 Å². The number of aryl methyl sites for hydroxylation is 1. The Bertz CT molecular complexity index is 833. The number of para-hydroxylation sites is 2. The van der Waals surface area contributed by atoms with Crippen molar-refractivity contribution < 1.29 is 14.3 Å². The molecule has 7 heteroatoms. The second-order valence-corrected chi connectivity index (χ2v) is 7.42. The summed E-state index contributed by atoms with van der Waals surface area (Å²) in [5, 5.41) is 0. The van der Waals surface area contributed by atoms with Crippen LogP contribution in [0.1, 0.15) is 38.2 Å². The Balaban J connectivity index is 1.55. The van der Waals surface area contributed by atoms with Crippen molar-refractivity contribution in [2.24, 2.45) is 0 Å². The molecule has 1 aromatic carbocycles. The molecule has 7 nitrogen and oxygen atoms in total. The lowest BCUT2D eigenvalue weighted by Gasteiger charge is -2.35. The number of carbonyl (C=O) groups excluding carboxylic acids is 1. The number of hydrogen-bond donors (Lipinski definition) is 0. The first-order valence-corrected chi connectivity index (χ1v) is 10.2. The summed E-state index contributed by atoms with van der Waals surface area (Å²) in [5.41, 5.74) is 0.971. The molecule has 0 atom stereocenters. The number of anilines is 1. The van der Waals surface area contributed by atoms with Gasteiger partial charge >= 0.3 is 0 Å². The zero-order chi connectivity index (χ0) is 20.8. The van der Waals surface area contributed by atoms with Crippen LogP contribution in [0.4, 0.5) is 5.82 Å². The number of hydrogen-bond acceptors (Lipinski definition) is 6. The normalized spacial score (nSPS) is 14.2. The number of aromatic nitrogens is 2. The molecule has 0 aliphatic carbocycles. The molecule has 156 valence electrons. The van der Waals surface area contributed by atoms with Crippen LogP contribution < -0.4 is 14.4 Å². The SMILES string of the molecule is CCOc1ccccc1OCC(=O)N1CCN(c2cc(C)nc(C(C)C)n2)CC1. The van der Waals surface area contributed by atoms with Crippen LogP contribution in [-0.2, 0) is 4.79 Å². The molecule has 2 aromatic rings. The van der Waals surface area contributed by atoms with Crippen molar-refractivity contribution in [3.05, 3.63) is 41.9 Å².